The molecule has 20 heavy (non-hydrogen) atoms. The Labute approximate surface area is 120 Å². The van der Waals surface area contributed by atoms with Gasteiger partial charge in [0, 0.05) is 13.0 Å². The standard InChI is InChI=1S/C16H23NO3/c1-4-17(16(18)9-12(2)3)10-13-11-19-14-7-5-6-8-15(14)20-13/h5-8,12-13H,4,9-11H2,1-3H3/t13-/m1/s1. The van der Waals surface area contributed by atoms with E-state index in [-0.39, 0.29) is 12.0 Å². The first kappa shape index (κ1) is 14.7. The van der Waals surface area contributed by atoms with Crippen LogP contribution in [0.5, 0.6) is 11.5 Å². The van der Waals surface area contributed by atoms with Crippen molar-refractivity contribution in [3.05, 3.63) is 24.3 Å². The molecule has 1 amide bonds. The summed E-state index contributed by atoms with van der Waals surface area (Å²) in [6.45, 7) is 7.88. The zero-order valence-electron chi connectivity index (χ0n) is 12.5. The third-order valence-electron chi connectivity index (χ3n) is 3.31. The molecule has 1 atom stereocenters. The maximum absolute atomic E-state index is 12.1. The van der Waals surface area contributed by atoms with Crippen molar-refractivity contribution >= 4 is 5.91 Å². The van der Waals surface area contributed by atoms with Crippen LogP contribution in [0.25, 0.3) is 0 Å². The summed E-state index contributed by atoms with van der Waals surface area (Å²) in [6, 6.07) is 7.64. The smallest absolute Gasteiger partial charge is 0.222 e. The minimum absolute atomic E-state index is 0.0963. The van der Waals surface area contributed by atoms with Crippen LogP contribution in [0.2, 0.25) is 0 Å². The van der Waals surface area contributed by atoms with E-state index in [2.05, 4.69) is 13.8 Å². The Morgan fingerprint density at radius 3 is 2.70 bits per heavy atom. The van der Waals surface area contributed by atoms with Crippen molar-refractivity contribution in [1.82, 2.24) is 4.90 Å². The van der Waals surface area contributed by atoms with E-state index in [1.807, 2.05) is 36.1 Å². The van der Waals surface area contributed by atoms with E-state index < -0.39 is 0 Å². The van der Waals surface area contributed by atoms with Gasteiger partial charge in [-0.05, 0) is 25.0 Å². The van der Waals surface area contributed by atoms with Crippen LogP contribution in [0.1, 0.15) is 27.2 Å². The number of rotatable bonds is 5. The fourth-order valence-corrected chi connectivity index (χ4v) is 2.28. The van der Waals surface area contributed by atoms with Gasteiger partial charge >= 0.3 is 0 Å². The third-order valence-corrected chi connectivity index (χ3v) is 3.31. The number of para-hydroxylation sites is 2. The lowest BCUT2D eigenvalue weighted by atomic mass is 10.1. The molecule has 0 saturated carbocycles. The number of hydrogen-bond acceptors (Lipinski definition) is 3. The Kier molecular flexibility index (Phi) is 4.88. The van der Waals surface area contributed by atoms with Gasteiger partial charge in [0.15, 0.2) is 17.6 Å². The molecule has 0 N–H and O–H groups in total. The first-order valence-electron chi connectivity index (χ1n) is 7.26. The topological polar surface area (TPSA) is 38.8 Å². The van der Waals surface area contributed by atoms with Crippen LogP contribution in [-0.4, -0.2) is 36.6 Å². The monoisotopic (exact) mass is 277 g/mol. The Hall–Kier alpha value is -1.71. The molecule has 0 fully saturated rings. The molecule has 1 aromatic rings. The van der Waals surface area contributed by atoms with Gasteiger partial charge < -0.3 is 14.4 Å². The average Bonchev–Trinajstić information content (AvgIpc) is 2.43. The highest BCUT2D eigenvalue weighted by Crippen LogP contribution is 2.31. The van der Waals surface area contributed by atoms with Gasteiger partial charge in [0.1, 0.15) is 6.61 Å². The van der Waals surface area contributed by atoms with Crippen molar-refractivity contribution in [1.29, 1.82) is 0 Å². The Balaban J connectivity index is 1.95. The van der Waals surface area contributed by atoms with E-state index in [1.54, 1.807) is 0 Å². The SMILES string of the molecule is CCN(C[C@@H]1COc2ccccc2O1)C(=O)CC(C)C. The highest BCUT2D eigenvalue weighted by atomic mass is 16.6. The normalized spacial score (nSPS) is 17.1. The number of likely N-dealkylation sites (N-methyl/N-ethyl adjacent to an activating group) is 1. The van der Waals surface area contributed by atoms with Crippen molar-refractivity contribution in [3.8, 4) is 11.5 Å². The lowest BCUT2D eigenvalue weighted by Crippen LogP contribution is -2.43. The molecule has 0 unspecified atom stereocenters. The van der Waals surface area contributed by atoms with Crippen LogP contribution < -0.4 is 9.47 Å². The zero-order valence-corrected chi connectivity index (χ0v) is 12.5. The lowest BCUT2D eigenvalue weighted by molar-refractivity contribution is -0.133. The molecule has 1 aliphatic heterocycles. The molecule has 1 aliphatic rings. The quantitative estimate of drug-likeness (QED) is 0.830. The van der Waals surface area contributed by atoms with E-state index in [0.717, 1.165) is 11.5 Å². The zero-order chi connectivity index (χ0) is 14.5. The van der Waals surface area contributed by atoms with Gasteiger partial charge in [-0.15, -0.1) is 0 Å². The number of amides is 1. The van der Waals surface area contributed by atoms with Gasteiger partial charge in [0.05, 0.1) is 6.54 Å². The van der Waals surface area contributed by atoms with E-state index in [4.69, 9.17) is 9.47 Å². The maximum Gasteiger partial charge on any atom is 0.222 e. The molecule has 4 heteroatoms. The van der Waals surface area contributed by atoms with Crippen LogP contribution in [0.15, 0.2) is 24.3 Å². The first-order valence-corrected chi connectivity index (χ1v) is 7.26. The first-order chi connectivity index (χ1) is 9.60. The number of carbonyl (C=O) groups excluding carboxylic acids is 1. The van der Waals surface area contributed by atoms with Crippen LogP contribution >= 0.6 is 0 Å². The second-order valence-electron chi connectivity index (χ2n) is 5.53. The summed E-state index contributed by atoms with van der Waals surface area (Å²) >= 11 is 0. The molecule has 0 aromatic heterocycles. The number of carbonyl (C=O) groups is 1. The number of hydrogen-bond donors (Lipinski definition) is 0. The van der Waals surface area contributed by atoms with E-state index in [1.165, 1.54) is 0 Å². The molecule has 1 aromatic carbocycles. The predicted molar refractivity (Wildman–Crippen MR) is 78.1 cm³/mol. The molecular formula is C16H23NO3. The predicted octanol–water partition coefficient (Wildman–Crippen LogP) is 2.72. The summed E-state index contributed by atoms with van der Waals surface area (Å²) in [7, 11) is 0. The summed E-state index contributed by atoms with van der Waals surface area (Å²) in [5.74, 6) is 2.10. The minimum Gasteiger partial charge on any atom is -0.486 e. The molecule has 0 saturated heterocycles. The van der Waals surface area contributed by atoms with Crippen molar-refractivity contribution in [2.45, 2.75) is 33.3 Å². The van der Waals surface area contributed by atoms with Gasteiger partial charge in [-0.1, -0.05) is 26.0 Å². The van der Waals surface area contributed by atoms with E-state index >= 15 is 0 Å². The fourth-order valence-electron chi connectivity index (χ4n) is 2.28. The molecule has 1 heterocycles. The summed E-state index contributed by atoms with van der Waals surface area (Å²) in [5, 5.41) is 0. The highest BCUT2D eigenvalue weighted by molar-refractivity contribution is 5.76. The largest absolute Gasteiger partial charge is 0.486 e. The van der Waals surface area contributed by atoms with Gasteiger partial charge in [0.2, 0.25) is 5.91 Å². The summed E-state index contributed by atoms with van der Waals surface area (Å²) in [4.78, 5) is 14.0. The van der Waals surface area contributed by atoms with Crippen molar-refractivity contribution in [2.75, 3.05) is 19.7 Å². The molecule has 0 radical (unpaired) electrons. The van der Waals surface area contributed by atoms with Gasteiger partial charge in [-0.25, -0.2) is 0 Å². The van der Waals surface area contributed by atoms with Crippen LogP contribution in [-0.2, 0) is 4.79 Å². The summed E-state index contributed by atoms with van der Waals surface area (Å²) < 4.78 is 11.6. The fraction of sp³-hybridized carbons (Fsp3) is 0.562. The molecule has 110 valence electrons. The summed E-state index contributed by atoms with van der Waals surface area (Å²) in [6.07, 6.45) is 0.485. The Morgan fingerprint density at radius 1 is 1.35 bits per heavy atom. The van der Waals surface area contributed by atoms with Crippen molar-refractivity contribution < 1.29 is 14.3 Å². The minimum atomic E-state index is -0.0963. The van der Waals surface area contributed by atoms with Crippen LogP contribution in [0, 0.1) is 5.92 Å². The van der Waals surface area contributed by atoms with Gasteiger partial charge in [-0.3, -0.25) is 4.79 Å². The van der Waals surface area contributed by atoms with Crippen molar-refractivity contribution in [3.63, 3.8) is 0 Å². The molecule has 0 aliphatic carbocycles. The molecule has 2 rings (SSSR count). The summed E-state index contributed by atoms with van der Waals surface area (Å²) in [5.41, 5.74) is 0. The number of nitrogens with zero attached hydrogens (tertiary/aromatic N) is 1. The third kappa shape index (κ3) is 3.65. The molecule has 4 nitrogen and oxygen atoms in total. The van der Waals surface area contributed by atoms with Gasteiger partial charge in [-0.2, -0.15) is 0 Å². The number of ether oxygens (including phenoxy) is 2. The molecule has 0 bridgehead atoms. The van der Waals surface area contributed by atoms with Gasteiger partial charge in [0.25, 0.3) is 0 Å². The number of benzene rings is 1. The van der Waals surface area contributed by atoms with E-state index in [9.17, 15) is 4.79 Å². The Bertz CT molecular complexity index is 459. The van der Waals surface area contributed by atoms with Crippen molar-refractivity contribution in [2.24, 2.45) is 5.92 Å². The second-order valence-corrected chi connectivity index (χ2v) is 5.53. The van der Waals surface area contributed by atoms with Crippen LogP contribution in [0.4, 0.5) is 0 Å². The van der Waals surface area contributed by atoms with E-state index in [0.29, 0.717) is 32.0 Å². The molecule has 0 spiro atoms. The van der Waals surface area contributed by atoms with Crippen LogP contribution in [0.3, 0.4) is 0 Å². The lowest BCUT2D eigenvalue weighted by Gasteiger charge is -2.31. The second kappa shape index (κ2) is 6.64. The molecular weight excluding hydrogens is 254 g/mol. The maximum atomic E-state index is 12.1. The average molecular weight is 277 g/mol. The highest BCUT2D eigenvalue weighted by Gasteiger charge is 2.24. The Morgan fingerprint density at radius 2 is 2.05 bits per heavy atom. The number of fused-ring (bicyclic) bond motifs is 1.